The number of methoxy groups -OCH3 is 1. The van der Waals surface area contributed by atoms with Crippen LogP contribution in [0.2, 0.25) is 0 Å². The Hall–Kier alpha value is -2.24. The van der Waals surface area contributed by atoms with E-state index in [0.717, 1.165) is 24.3 Å². The number of benzene rings is 1. The number of primary amides is 1. The van der Waals surface area contributed by atoms with Gasteiger partial charge in [0.1, 0.15) is 11.5 Å². The highest BCUT2D eigenvalue weighted by molar-refractivity contribution is 5.80. The van der Waals surface area contributed by atoms with Crippen LogP contribution >= 0.6 is 0 Å². The monoisotopic (exact) mass is 320 g/mol. The topological polar surface area (TPSA) is 81.9 Å². The van der Waals surface area contributed by atoms with E-state index in [2.05, 4.69) is 0 Å². The Bertz CT molecular complexity index is 530. The molecule has 0 unspecified atom stereocenters. The van der Waals surface area contributed by atoms with E-state index in [0.29, 0.717) is 32.5 Å². The predicted octanol–water partition coefficient (Wildman–Crippen LogP) is 1.58. The van der Waals surface area contributed by atoms with Gasteiger partial charge in [0.15, 0.2) is 0 Å². The van der Waals surface area contributed by atoms with Gasteiger partial charge in [-0.25, -0.2) is 0 Å². The molecule has 0 aliphatic carbocycles. The van der Waals surface area contributed by atoms with Gasteiger partial charge in [-0.15, -0.1) is 0 Å². The van der Waals surface area contributed by atoms with Crippen LogP contribution in [0.25, 0.3) is 0 Å². The van der Waals surface area contributed by atoms with Crippen molar-refractivity contribution in [2.45, 2.75) is 25.7 Å². The van der Waals surface area contributed by atoms with Gasteiger partial charge in [-0.3, -0.25) is 9.59 Å². The Kier molecular flexibility index (Phi) is 6.26. The van der Waals surface area contributed by atoms with Crippen molar-refractivity contribution < 1.29 is 19.1 Å². The van der Waals surface area contributed by atoms with Crippen LogP contribution in [0.5, 0.6) is 11.5 Å². The predicted molar refractivity (Wildman–Crippen MR) is 86.2 cm³/mol. The number of hydrogen-bond acceptors (Lipinski definition) is 4. The first-order valence-corrected chi connectivity index (χ1v) is 7.94. The lowest BCUT2D eigenvalue weighted by atomic mass is 9.97. The van der Waals surface area contributed by atoms with Gasteiger partial charge < -0.3 is 20.1 Å². The number of rotatable bonds is 7. The number of amides is 2. The number of nitrogens with zero attached hydrogens (tertiary/aromatic N) is 1. The molecular weight excluding hydrogens is 296 g/mol. The summed E-state index contributed by atoms with van der Waals surface area (Å²) in [5, 5.41) is 0. The summed E-state index contributed by atoms with van der Waals surface area (Å²) in [6, 6.07) is 7.34. The number of hydrogen-bond donors (Lipinski definition) is 1. The first kappa shape index (κ1) is 17.1. The maximum Gasteiger partial charge on any atom is 0.222 e. The Morgan fingerprint density at radius 3 is 2.61 bits per heavy atom. The summed E-state index contributed by atoms with van der Waals surface area (Å²) in [6.07, 6.45) is 2.67. The average molecular weight is 320 g/mol. The fourth-order valence-corrected chi connectivity index (χ4v) is 2.68. The fraction of sp³-hybridized carbons (Fsp3) is 0.529. The first-order chi connectivity index (χ1) is 11.1. The number of piperidine rings is 1. The van der Waals surface area contributed by atoms with Gasteiger partial charge in [-0.1, -0.05) is 0 Å². The number of carbonyl (C=O) groups excluding carboxylic acids is 2. The molecule has 6 nitrogen and oxygen atoms in total. The Labute approximate surface area is 136 Å². The Morgan fingerprint density at radius 1 is 1.26 bits per heavy atom. The Balaban J connectivity index is 1.68. The van der Waals surface area contributed by atoms with E-state index in [-0.39, 0.29) is 17.7 Å². The molecule has 2 amide bonds. The molecule has 1 heterocycles. The molecule has 1 aromatic rings. The third kappa shape index (κ3) is 5.16. The summed E-state index contributed by atoms with van der Waals surface area (Å²) < 4.78 is 10.7. The van der Waals surface area contributed by atoms with E-state index in [1.807, 2.05) is 24.3 Å². The maximum atomic E-state index is 12.2. The second kappa shape index (κ2) is 8.41. The second-order valence-corrected chi connectivity index (χ2v) is 5.71. The van der Waals surface area contributed by atoms with Gasteiger partial charge in [0.05, 0.1) is 19.6 Å². The number of ether oxygens (including phenoxy) is 2. The third-order valence-electron chi connectivity index (χ3n) is 4.04. The van der Waals surface area contributed by atoms with Gasteiger partial charge >= 0.3 is 0 Å². The summed E-state index contributed by atoms with van der Waals surface area (Å²) in [5.74, 6) is 1.08. The minimum atomic E-state index is -0.315. The summed E-state index contributed by atoms with van der Waals surface area (Å²) >= 11 is 0. The van der Waals surface area contributed by atoms with Gasteiger partial charge in [-0.2, -0.15) is 0 Å². The molecule has 23 heavy (non-hydrogen) atoms. The smallest absolute Gasteiger partial charge is 0.222 e. The zero-order valence-electron chi connectivity index (χ0n) is 13.5. The molecule has 0 saturated carbocycles. The minimum absolute atomic E-state index is 0.0641. The van der Waals surface area contributed by atoms with Crippen LogP contribution in [0.3, 0.4) is 0 Å². The van der Waals surface area contributed by atoms with Crippen molar-refractivity contribution in [2.75, 3.05) is 26.8 Å². The quantitative estimate of drug-likeness (QED) is 0.773. The van der Waals surface area contributed by atoms with Crippen LogP contribution in [0.1, 0.15) is 25.7 Å². The van der Waals surface area contributed by atoms with Crippen molar-refractivity contribution in [3.8, 4) is 11.5 Å². The molecule has 1 aliphatic heterocycles. The van der Waals surface area contributed by atoms with Crippen LogP contribution in [0.15, 0.2) is 24.3 Å². The molecule has 0 spiro atoms. The molecule has 2 rings (SSSR count). The number of carbonyl (C=O) groups is 2. The van der Waals surface area contributed by atoms with Gasteiger partial charge in [0, 0.05) is 19.5 Å². The molecule has 1 aliphatic rings. The lowest BCUT2D eigenvalue weighted by Gasteiger charge is -2.31. The van der Waals surface area contributed by atoms with Crippen molar-refractivity contribution >= 4 is 11.8 Å². The third-order valence-corrected chi connectivity index (χ3v) is 4.04. The molecular formula is C17H24N2O4. The van der Waals surface area contributed by atoms with Crippen LogP contribution in [-0.4, -0.2) is 43.5 Å². The van der Waals surface area contributed by atoms with Gasteiger partial charge in [0.2, 0.25) is 11.8 Å². The molecule has 126 valence electrons. The van der Waals surface area contributed by atoms with E-state index >= 15 is 0 Å². The highest BCUT2D eigenvalue weighted by Gasteiger charge is 2.26. The highest BCUT2D eigenvalue weighted by Crippen LogP contribution is 2.18. The molecule has 1 saturated heterocycles. The summed E-state index contributed by atoms with van der Waals surface area (Å²) in [6.45, 7) is 1.64. The van der Waals surface area contributed by atoms with Crippen LogP contribution < -0.4 is 15.2 Å². The summed E-state index contributed by atoms with van der Waals surface area (Å²) in [4.78, 5) is 25.1. The van der Waals surface area contributed by atoms with E-state index < -0.39 is 0 Å². The van der Waals surface area contributed by atoms with Crippen LogP contribution in [0, 0.1) is 5.92 Å². The van der Waals surface area contributed by atoms with Crippen molar-refractivity contribution in [2.24, 2.45) is 11.7 Å². The highest BCUT2D eigenvalue weighted by atomic mass is 16.5. The van der Waals surface area contributed by atoms with E-state index in [1.165, 1.54) is 0 Å². The SMILES string of the molecule is COc1ccc(OCCCC(=O)N2CCC[C@@H](C(N)=O)C2)cc1. The summed E-state index contributed by atoms with van der Waals surface area (Å²) in [5.41, 5.74) is 5.33. The molecule has 6 heteroatoms. The molecule has 0 aromatic heterocycles. The van der Waals surface area contributed by atoms with Crippen molar-refractivity contribution in [1.82, 2.24) is 4.90 Å². The zero-order valence-corrected chi connectivity index (χ0v) is 13.5. The Morgan fingerprint density at radius 2 is 1.96 bits per heavy atom. The zero-order chi connectivity index (χ0) is 16.7. The van der Waals surface area contributed by atoms with E-state index in [4.69, 9.17) is 15.2 Å². The summed E-state index contributed by atoms with van der Waals surface area (Å²) in [7, 11) is 1.62. The van der Waals surface area contributed by atoms with E-state index in [1.54, 1.807) is 12.0 Å². The van der Waals surface area contributed by atoms with Crippen LogP contribution in [-0.2, 0) is 9.59 Å². The average Bonchev–Trinajstić information content (AvgIpc) is 2.59. The van der Waals surface area contributed by atoms with Gasteiger partial charge in [-0.05, 0) is 43.5 Å². The first-order valence-electron chi connectivity index (χ1n) is 7.94. The van der Waals surface area contributed by atoms with Crippen molar-refractivity contribution in [3.05, 3.63) is 24.3 Å². The molecule has 1 aromatic carbocycles. The fourth-order valence-electron chi connectivity index (χ4n) is 2.68. The second-order valence-electron chi connectivity index (χ2n) is 5.71. The number of likely N-dealkylation sites (tertiary alicyclic amines) is 1. The molecule has 0 bridgehead atoms. The lowest BCUT2D eigenvalue weighted by Crippen LogP contribution is -2.44. The normalized spacial score (nSPS) is 17.6. The standard InChI is InChI=1S/C17H24N2O4/c1-22-14-6-8-15(9-7-14)23-11-3-5-16(20)19-10-2-4-13(12-19)17(18)21/h6-9,13H,2-5,10-12H2,1H3,(H2,18,21)/t13-/m1/s1. The van der Waals surface area contributed by atoms with Crippen molar-refractivity contribution in [3.63, 3.8) is 0 Å². The van der Waals surface area contributed by atoms with Crippen LogP contribution in [0.4, 0.5) is 0 Å². The maximum absolute atomic E-state index is 12.2. The molecule has 1 fully saturated rings. The largest absolute Gasteiger partial charge is 0.497 e. The lowest BCUT2D eigenvalue weighted by molar-refractivity contribution is -0.135. The molecule has 2 N–H and O–H groups in total. The van der Waals surface area contributed by atoms with E-state index in [9.17, 15) is 9.59 Å². The van der Waals surface area contributed by atoms with Crippen molar-refractivity contribution in [1.29, 1.82) is 0 Å². The molecule has 1 atom stereocenters. The van der Waals surface area contributed by atoms with Gasteiger partial charge in [0.25, 0.3) is 0 Å². The number of nitrogens with two attached hydrogens (primary N) is 1. The minimum Gasteiger partial charge on any atom is -0.497 e. The molecule has 0 radical (unpaired) electrons.